The summed E-state index contributed by atoms with van der Waals surface area (Å²) in [4.78, 5) is 22.2. The molecule has 0 aliphatic carbocycles. The Morgan fingerprint density at radius 2 is 1.48 bits per heavy atom. The highest BCUT2D eigenvalue weighted by Crippen LogP contribution is 2.24. The van der Waals surface area contributed by atoms with Crippen molar-refractivity contribution in [1.29, 1.82) is 0 Å². The normalized spacial score (nSPS) is 13.4. The molecule has 2 atom stereocenters. The van der Waals surface area contributed by atoms with Gasteiger partial charge in [0.25, 0.3) is 0 Å². The third-order valence-corrected chi connectivity index (χ3v) is 5.25. The first-order chi connectivity index (χ1) is 13.1. The number of hydrogen-bond donors (Lipinski definition) is 1. The van der Waals surface area contributed by atoms with E-state index in [-0.39, 0.29) is 11.7 Å². The van der Waals surface area contributed by atoms with Crippen molar-refractivity contribution in [3.8, 4) is 0 Å². The fourth-order valence-electron chi connectivity index (χ4n) is 2.95. The van der Waals surface area contributed by atoms with Gasteiger partial charge in [0.2, 0.25) is 8.03 Å². The first kappa shape index (κ1) is 19.0. The molecule has 2 unspecified atom stereocenters. The van der Waals surface area contributed by atoms with Crippen LogP contribution in [0.5, 0.6) is 0 Å². The molecule has 136 valence electrons. The van der Waals surface area contributed by atoms with Crippen molar-refractivity contribution < 1.29 is 14.3 Å². The van der Waals surface area contributed by atoms with Gasteiger partial charge in [-0.2, -0.15) is 0 Å². The SMILES string of the molecule is O=C(C=Cc1ccccc1)C(Cc1ccccc1)c1ccc([PH](=O)O)cc1. The Morgan fingerprint density at radius 1 is 0.889 bits per heavy atom. The Bertz CT molecular complexity index is 932. The van der Waals surface area contributed by atoms with E-state index in [4.69, 9.17) is 0 Å². The summed E-state index contributed by atoms with van der Waals surface area (Å²) in [5.74, 6) is -0.338. The lowest BCUT2D eigenvalue weighted by molar-refractivity contribution is -0.115. The number of carbonyl (C=O) groups is 1. The van der Waals surface area contributed by atoms with E-state index in [9.17, 15) is 14.3 Å². The average Bonchev–Trinajstić information content (AvgIpc) is 2.72. The van der Waals surface area contributed by atoms with Gasteiger partial charge in [0, 0.05) is 5.30 Å². The topological polar surface area (TPSA) is 54.4 Å². The summed E-state index contributed by atoms with van der Waals surface area (Å²) in [6.45, 7) is 0. The third-order valence-electron chi connectivity index (χ3n) is 4.43. The molecule has 0 bridgehead atoms. The summed E-state index contributed by atoms with van der Waals surface area (Å²) in [7, 11) is -2.73. The van der Waals surface area contributed by atoms with E-state index in [2.05, 4.69) is 0 Å². The number of allylic oxidation sites excluding steroid dienone is 1. The molecule has 0 radical (unpaired) electrons. The number of rotatable bonds is 7. The lowest BCUT2D eigenvalue weighted by Gasteiger charge is -2.15. The molecular weight excluding hydrogens is 355 g/mol. The van der Waals surface area contributed by atoms with Gasteiger partial charge in [-0.1, -0.05) is 78.9 Å². The maximum Gasteiger partial charge on any atom is 0.218 e. The monoisotopic (exact) mass is 376 g/mol. The van der Waals surface area contributed by atoms with Gasteiger partial charge in [0.05, 0.1) is 5.92 Å². The zero-order valence-corrected chi connectivity index (χ0v) is 15.8. The minimum absolute atomic E-state index is 0.00658. The average molecular weight is 376 g/mol. The van der Waals surface area contributed by atoms with Crippen LogP contribution in [0.25, 0.3) is 6.08 Å². The minimum Gasteiger partial charge on any atom is -0.343 e. The van der Waals surface area contributed by atoms with Crippen molar-refractivity contribution in [2.45, 2.75) is 12.3 Å². The highest BCUT2D eigenvalue weighted by Gasteiger charge is 2.19. The van der Waals surface area contributed by atoms with E-state index in [1.54, 1.807) is 30.3 Å². The molecule has 3 nitrogen and oxygen atoms in total. The minimum atomic E-state index is -2.73. The van der Waals surface area contributed by atoms with Crippen LogP contribution in [-0.4, -0.2) is 10.7 Å². The second-order valence-electron chi connectivity index (χ2n) is 6.32. The summed E-state index contributed by atoms with van der Waals surface area (Å²) in [6.07, 6.45) is 4.01. The molecule has 0 aromatic heterocycles. The van der Waals surface area contributed by atoms with Crippen molar-refractivity contribution in [3.63, 3.8) is 0 Å². The molecule has 1 N–H and O–H groups in total. The fraction of sp³-hybridized carbons (Fsp3) is 0.0870. The first-order valence-electron chi connectivity index (χ1n) is 8.77. The molecule has 0 aliphatic rings. The van der Waals surface area contributed by atoms with Gasteiger partial charge in [-0.3, -0.25) is 9.36 Å². The summed E-state index contributed by atoms with van der Waals surface area (Å²) >= 11 is 0. The lowest BCUT2D eigenvalue weighted by Crippen LogP contribution is -2.14. The molecule has 3 aromatic rings. The zero-order valence-electron chi connectivity index (χ0n) is 14.8. The third kappa shape index (κ3) is 5.37. The largest absolute Gasteiger partial charge is 0.343 e. The van der Waals surface area contributed by atoms with Crippen molar-refractivity contribution in [2.24, 2.45) is 0 Å². The quantitative estimate of drug-likeness (QED) is 0.492. The number of ketones is 1. The summed E-state index contributed by atoms with van der Waals surface area (Å²) in [6, 6.07) is 26.4. The highest BCUT2D eigenvalue weighted by molar-refractivity contribution is 7.47. The van der Waals surface area contributed by atoms with Crippen molar-refractivity contribution >= 4 is 25.2 Å². The van der Waals surface area contributed by atoms with Gasteiger partial charge < -0.3 is 4.89 Å². The van der Waals surface area contributed by atoms with Crippen molar-refractivity contribution in [1.82, 2.24) is 0 Å². The van der Waals surface area contributed by atoms with Crippen LogP contribution >= 0.6 is 8.03 Å². The Hall–Kier alpha value is -2.74. The van der Waals surface area contributed by atoms with Gasteiger partial charge in [-0.25, -0.2) is 0 Å². The summed E-state index contributed by atoms with van der Waals surface area (Å²) in [5.41, 5.74) is 2.89. The van der Waals surface area contributed by atoms with Gasteiger partial charge >= 0.3 is 0 Å². The molecule has 0 saturated carbocycles. The van der Waals surface area contributed by atoms with Gasteiger partial charge in [0.15, 0.2) is 5.78 Å². The van der Waals surface area contributed by atoms with Crippen LogP contribution < -0.4 is 5.30 Å². The maximum atomic E-state index is 12.9. The second-order valence-corrected chi connectivity index (χ2v) is 7.50. The lowest BCUT2D eigenvalue weighted by atomic mass is 9.88. The Kier molecular flexibility index (Phi) is 6.54. The van der Waals surface area contributed by atoms with Crippen LogP contribution in [0, 0.1) is 0 Å². The molecule has 0 spiro atoms. The standard InChI is InChI=1S/C23H21O3P/c24-23(16-11-18-7-3-1-4-8-18)22(17-19-9-5-2-6-10-19)20-12-14-21(15-13-20)27(25)26/h1-16,22,27H,17H2,(H,25,26). The molecule has 3 rings (SSSR count). The summed E-state index contributed by atoms with van der Waals surface area (Å²) in [5, 5.41) is 0.398. The molecule has 4 heteroatoms. The number of benzene rings is 3. The Morgan fingerprint density at radius 3 is 2.07 bits per heavy atom. The van der Waals surface area contributed by atoms with E-state index in [1.165, 1.54) is 0 Å². The van der Waals surface area contributed by atoms with E-state index >= 15 is 0 Å². The molecule has 0 amide bonds. The second kappa shape index (κ2) is 9.27. The van der Waals surface area contributed by atoms with Crippen LogP contribution in [0.3, 0.4) is 0 Å². The molecule has 0 saturated heterocycles. The smallest absolute Gasteiger partial charge is 0.218 e. The molecule has 0 heterocycles. The van der Waals surface area contributed by atoms with Crippen LogP contribution in [0.4, 0.5) is 0 Å². The van der Waals surface area contributed by atoms with Crippen LogP contribution in [-0.2, 0) is 15.8 Å². The Labute approximate surface area is 159 Å². The maximum absolute atomic E-state index is 12.9. The van der Waals surface area contributed by atoms with Crippen molar-refractivity contribution in [2.75, 3.05) is 0 Å². The molecular formula is C23H21O3P. The number of carbonyl (C=O) groups excluding carboxylic acids is 1. The van der Waals surface area contributed by atoms with E-state index in [1.807, 2.05) is 66.7 Å². The fourth-order valence-corrected chi connectivity index (χ4v) is 3.40. The molecule has 0 fully saturated rings. The zero-order chi connectivity index (χ0) is 19.1. The predicted octanol–water partition coefficient (Wildman–Crippen LogP) is 4.39. The van der Waals surface area contributed by atoms with Gasteiger partial charge in [-0.05, 0) is 41.3 Å². The van der Waals surface area contributed by atoms with Gasteiger partial charge in [-0.15, -0.1) is 0 Å². The number of hydrogen-bond acceptors (Lipinski definition) is 2. The molecule has 3 aromatic carbocycles. The first-order valence-corrected chi connectivity index (χ1v) is 10.1. The van der Waals surface area contributed by atoms with Crippen molar-refractivity contribution in [3.05, 3.63) is 108 Å². The predicted molar refractivity (Wildman–Crippen MR) is 111 cm³/mol. The van der Waals surface area contributed by atoms with E-state index < -0.39 is 8.03 Å². The van der Waals surface area contributed by atoms with Crippen LogP contribution in [0.2, 0.25) is 0 Å². The molecule has 0 aliphatic heterocycles. The van der Waals surface area contributed by atoms with Gasteiger partial charge in [0.1, 0.15) is 0 Å². The van der Waals surface area contributed by atoms with E-state index in [0.29, 0.717) is 11.7 Å². The summed E-state index contributed by atoms with van der Waals surface area (Å²) < 4.78 is 11.3. The Balaban J connectivity index is 1.88. The highest BCUT2D eigenvalue weighted by atomic mass is 31.1. The molecule has 27 heavy (non-hydrogen) atoms. The van der Waals surface area contributed by atoms with Crippen LogP contribution in [0.1, 0.15) is 22.6 Å². The van der Waals surface area contributed by atoms with E-state index in [0.717, 1.165) is 16.7 Å². The van der Waals surface area contributed by atoms with Crippen LogP contribution in [0.15, 0.2) is 91.0 Å².